The maximum Gasteiger partial charge on any atom is 0.243 e. The first-order valence-electron chi connectivity index (χ1n) is 12.2. The number of hydrogen-bond acceptors (Lipinski definition) is 3. The summed E-state index contributed by atoms with van der Waals surface area (Å²) >= 11 is 3.42. The lowest BCUT2D eigenvalue weighted by Crippen LogP contribution is -2.45. The zero-order chi connectivity index (χ0) is 24.6. The summed E-state index contributed by atoms with van der Waals surface area (Å²) in [6.45, 7) is 5.26. The van der Waals surface area contributed by atoms with Crippen molar-refractivity contribution < 1.29 is 9.59 Å². The molecule has 0 spiro atoms. The number of amides is 2. The lowest BCUT2D eigenvalue weighted by molar-refractivity contribution is -0.138. The first kappa shape index (κ1) is 26.0. The number of carbonyl (C=O) groups excluding carboxylic acids is 2. The quantitative estimate of drug-likeness (QED) is 0.403. The molecule has 34 heavy (non-hydrogen) atoms. The Morgan fingerprint density at radius 3 is 2.50 bits per heavy atom. The van der Waals surface area contributed by atoms with Gasteiger partial charge in [0.1, 0.15) is 6.04 Å². The average Bonchev–Trinajstić information content (AvgIpc) is 3.34. The summed E-state index contributed by atoms with van der Waals surface area (Å²) in [6, 6.07) is 20.0. The standard InChI is InChI=1S/C28H34BrN3O2/c1-21(2)28(20-30,23-9-4-3-5-10-23)17-7-6-12-26(33)32-18-8-11-25(32)27(34)31-19-22-13-15-24(29)16-14-22/h3-5,9-10,13-16,21,25H,6-8,11-12,17-19H2,1-2H3,(H,31,34)/t25-,28?/m1/s1. The fourth-order valence-electron chi connectivity index (χ4n) is 4.82. The summed E-state index contributed by atoms with van der Waals surface area (Å²) in [5.41, 5.74) is 1.52. The Bertz CT molecular complexity index is 1000. The second-order valence-electron chi connectivity index (χ2n) is 9.40. The van der Waals surface area contributed by atoms with Gasteiger partial charge >= 0.3 is 0 Å². The maximum atomic E-state index is 12.9. The van der Waals surface area contributed by atoms with Crippen LogP contribution in [-0.2, 0) is 21.5 Å². The van der Waals surface area contributed by atoms with Gasteiger partial charge in [-0.1, -0.05) is 78.7 Å². The summed E-state index contributed by atoms with van der Waals surface area (Å²) in [6.07, 6.45) is 4.18. The summed E-state index contributed by atoms with van der Waals surface area (Å²) in [5, 5.41) is 13.0. The molecular weight excluding hydrogens is 490 g/mol. The van der Waals surface area contributed by atoms with E-state index in [-0.39, 0.29) is 23.8 Å². The van der Waals surface area contributed by atoms with Crippen molar-refractivity contribution >= 4 is 27.7 Å². The van der Waals surface area contributed by atoms with Gasteiger partial charge < -0.3 is 10.2 Å². The predicted octanol–water partition coefficient (Wildman–Crippen LogP) is 5.73. The Morgan fingerprint density at radius 1 is 1.15 bits per heavy atom. The Labute approximate surface area is 211 Å². The third-order valence-corrected chi connectivity index (χ3v) is 7.47. The van der Waals surface area contributed by atoms with E-state index in [1.165, 1.54) is 0 Å². The summed E-state index contributed by atoms with van der Waals surface area (Å²) < 4.78 is 0.999. The highest BCUT2D eigenvalue weighted by atomic mass is 79.9. The first-order valence-corrected chi connectivity index (χ1v) is 12.9. The van der Waals surface area contributed by atoms with Gasteiger partial charge in [-0.25, -0.2) is 0 Å². The molecule has 1 heterocycles. The number of rotatable bonds is 10. The molecule has 2 atom stereocenters. The van der Waals surface area contributed by atoms with Crippen LogP contribution in [0.5, 0.6) is 0 Å². The minimum absolute atomic E-state index is 0.0353. The Morgan fingerprint density at radius 2 is 1.85 bits per heavy atom. The molecule has 1 saturated heterocycles. The van der Waals surface area contributed by atoms with Crippen LogP contribution in [0.4, 0.5) is 0 Å². The first-order chi connectivity index (χ1) is 16.4. The third-order valence-electron chi connectivity index (χ3n) is 6.94. The van der Waals surface area contributed by atoms with Gasteiger partial charge in [0.25, 0.3) is 0 Å². The fraction of sp³-hybridized carbons (Fsp3) is 0.464. The van der Waals surface area contributed by atoms with Crippen LogP contribution >= 0.6 is 15.9 Å². The molecule has 3 rings (SSSR count). The van der Waals surface area contributed by atoms with E-state index in [0.717, 1.165) is 34.9 Å². The van der Waals surface area contributed by atoms with Crippen molar-refractivity contribution in [3.05, 3.63) is 70.2 Å². The number of unbranched alkanes of at least 4 members (excludes halogenated alkanes) is 1. The molecule has 2 aromatic carbocycles. The van der Waals surface area contributed by atoms with Crippen LogP contribution < -0.4 is 5.32 Å². The Hall–Kier alpha value is -2.65. The van der Waals surface area contributed by atoms with E-state index < -0.39 is 5.41 Å². The van der Waals surface area contributed by atoms with E-state index in [1.54, 1.807) is 4.90 Å². The number of nitriles is 1. The van der Waals surface area contributed by atoms with Crippen molar-refractivity contribution in [1.82, 2.24) is 10.2 Å². The maximum absolute atomic E-state index is 12.9. The van der Waals surface area contributed by atoms with Gasteiger partial charge in [0.05, 0.1) is 11.5 Å². The number of likely N-dealkylation sites (tertiary alicyclic amines) is 1. The predicted molar refractivity (Wildman–Crippen MR) is 138 cm³/mol. The molecule has 1 aliphatic heterocycles. The molecule has 180 valence electrons. The molecule has 0 aliphatic carbocycles. The molecule has 5 nitrogen and oxygen atoms in total. The SMILES string of the molecule is CC(C)C(C#N)(CCCCC(=O)N1CCC[C@@H]1C(=O)NCc1ccc(Br)cc1)c1ccccc1. The summed E-state index contributed by atoms with van der Waals surface area (Å²) in [5.74, 6) is 0.127. The minimum Gasteiger partial charge on any atom is -0.350 e. The van der Waals surface area contributed by atoms with Crippen LogP contribution in [0.15, 0.2) is 59.1 Å². The van der Waals surface area contributed by atoms with Crippen molar-refractivity contribution in [2.75, 3.05) is 6.54 Å². The molecule has 1 fully saturated rings. The normalized spacial score (nSPS) is 17.3. The van der Waals surface area contributed by atoms with Gasteiger partial charge in [0, 0.05) is 24.0 Å². The zero-order valence-electron chi connectivity index (χ0n) is 20.1. The van der Waals surface area contributed by atoms with Crippen LogP contribution in [0, 0.1) is 17.2 Å². The van der Waals surface area contributed by atoms with Gasteiger partial charge in [0.2, 0.25) is 11.8 Å². The largest absolute Gasteiger partial charge is 0.350 e. The van der Waals surface area contributed by atoms with Crippen LogP contribution in [0.2, 0.25) is 0 Å². The van der Waals surface area contributed by atoms with Crippen molar-refractivity contribution in [2.24, 2.45) is 5.92 Å². The molecule has 0 bridgehead atoms. The van der Waals surface area contributed by atoms with E-state index in [1.807, 2.05) is 54.6 Å². The van der Waals surface area contributed by atoms with Gasteiger partial charge in [0.15, 0.2) is 0 Å². The summed E-state index contributed by atoms with van der Waals surface area (Å²) in [4.78, 5) is 27.5. The topological polar surface area (TPSA) is 73.2 Å². The molecule has 2 amide bonds. The van der Waals surface area contributed by atoms with Crippen molar-refractivity contribution in [1.29, 1.82) is 5.26 Å². The van der Waals surface area contributed by atoms with E-state index in [9.17, 15) is 14.9 Å². The number of halogens is 1. The number of benzene rings is 2. The van der Waals surface area contributed by atoms with Crippen LogP contribution in [0.3, 0.4) is 0 Å². The lowest BCUT2D eigenvalue weighted by Gasteiger charge is -2.31. The third kappa shape index (κ3) is 6.27. The van der Waals surface area contributed by atoms with Gasteiger partial charge in [-0.3, -0.25) is 9.59 Å². The number of nitrogens with zero attached hydrogens (tertiary/aromatic N) is 2. The zero-order valence-corrected chi connectivity index (χ0v) is 21.7. The van der Waals surface area contributed by atoms with Crippen LogP contribution in [0.25, 0.3) is 0 Å². The fourth-order valence-corrected chi connectivity index (χ4v) is 5.09. The highest BCUT2D eigenvalue weighted by molar-refractivity contribution is 9.10. The van der Waals surface area contributed by atoms with Crippen LogP contribution in [0.1, 0.15) is 63.5 Å². The molecule has 0 aromatic heterocycles. The van der Waals surface area contributed by atoms with E-state index in [2.05, 4.69) is 41.2 Å². The Kier molecular flexibility index (Phi) is 9.29. The van der Waals surface area contributed by atoms with Crippen LogP contribution in [-0.4, -0.2) is 29.3 Å². The van der Waals surface area contributed by atoms with E-state index in [0.29, 0.717) is 32.4 Å². The van der Waals surface area contributed by atoms with E-state index in [4.69, 9.17) is 0 Å². The summed E-state index contributed by atoms with van der Waals surface area (Å²) in [7, 11) is 0. The highest BCUT2D eigenvalue weighted by Crippen LogP contribution is 2.37. The smallest absolute Gasteiger partial charge is 0.243 e. The molecular formula is C28H34BrN3O2. The Balaban J connectivity index is 1.51. The van der Waals surface area contributed by atoms with Gasteiger partial charge in [-0.05, 0) is 54.9 Å². The number of nitrogens with one attached hydrogen (secondary N) is 1. The minimum atomic E-state index is -0.548. The van der Waals surface area contributed by atoms with Gasteiger partial charge in [-0.15, -0.1) is 0 Å². The molecule has 2 aromatic rings. The second kappa shape index (κ2) is 12.2. The van der Waals surface area contributed by atoms with Gasteiger partial charge in [-0.2, -0.15) is 5.26 Å². The molecule has 0 radical (unpaired) electrons. The molecule has 6 heteroatoms. The second-order valence-corrected chi connectivity index (χ2v) is 10.3. The van der Waals surface area contributed by atoms with Crippen molar-refractivity contribution in [2.45, 2.75) is 70.4 Å². The lowest BCUT2D eigenvalue weighted by atomic mass is 9.69. The van der Waals surface area contributed by atoms with Crippen molar-refractivity contribution in [3.8, 4) is 6.07 Å². The molecule has 0 saturated carbocycles. The number of carbonyl (C=O) groups is 2. The molecule has 1 N–H and O–H groups in total. The monoisotopic (exact) mass is 523 g/mol. The number of hydrogen-bond donors (Lipinski definition) is 1. The average molecular weight is 525 g/mol. The van der Waals surface area contributed by atoms with E-state index >= 15 is 0 Å². The van der Waals surface area contributed by atoms with Crippen molar-refractivity contribution in [3.63, 3.8) is 0 Å². The molecule has 1 aliphatic rings. The highest BCUT2D eigenvalue weighted by Gasteiger charge is 2.36. The molecule has 1 unspecified atom stereocenters.